The Balaban J connectivity index is 1.80. The van der Waals surface area contributed by atoms with E-state index in [-0.39, 0.29) is 5.91 Å². The van der Waals surface area contributed by atoms with Gasteiger partial charge >= 0.3 is 0 Å². The molecular formula is C22H27N3O2S2. The molecule has 154 valence electrons. The van der Waals surface area contributed by atoms with Gasteiger partial charge in [-0.2, -0.15) is 0 Å². The number of likely N-dealkylation sites (N-methyl/N-ethyl adjacent to an activating group) is 1. The minimum atomic E-state index is 0.0705. The van der Waals surface area contributed by atoms with Crippen molar-refractivity contribution < 1.29 is 9.53 Å². The number of anilines is 1. The van der Waals surface area contributed by atoms with Gasteiger partial charge in [-0.3, -0.25) is 9.69 Å². The summed E-state index contributed by atoms with van der Waals surface area (Å²) >= 11 is 3.12. The van der Waals surface area contributed by atoms with Gasteiger partial charge in [0.2, 0.25) is 5.91 Å². The highest BCUT2D eigenvalue weighted by molar-refractivity contribution is 8.00. The molecule has 0 atom stereocenters. The number of thioether (sulfide) groups is 1. The Morgan fingerprint density at radius 3 is 2.52 bits per heavy atom. The van der Waals surface area contributed by atoms with E-state index in [2.05, 4.69) is 30.9 Å². The molecule has 1 amide bonds. The lowest BCUT2D eigenvalue weighted by atomic mass is 10.1. The number of rotatable bonds is 8. The Hall–Kier alpha value is -2.09. The third kappa shape index (κ3) is 5.50. The van der Waals surface area contributed by atoms with Gasteiger partial charge < -0.3 is 9.64 Å². The summed E-state index contributed by atoms with van der Waals surface area (Å²) < 4.78 is 6.32. The van der Waals surface area contributed by atoms with Crippen LogP contribution in [0.4, 0.5) is 5.13 Å². The third-order valence-corrected chi connectivity index (χ3v) is 6.57. The zero-order chi connectivity index (χ0) is 21.0. The van der Waals surface area contributed by atoms with Crippen LogP contribution in [-0.4, -0.2) is 55.8 Å². The second-order valence-corrected chi connectivity index (χ2v) is 9.30. The molecule has 0 saturated carbocycles. The number of aryl methyl sites for hydroxylation is 2. The number of carbonyl (C=O) groups is 1. The number of nitrogens with zero attached hydrogens (tertiary/aromatic N) is 3. The van der Waals surface area contributed by atoms with Crippen molar-refractivity contribution in [3.63, 3.8) is 0 Å². The van der Waals surface area contributed by atoms with Crippen molar-refractivity contribution in [1.82, 2.24) is 9.88 Å². The normalized spacial score (nSPS) is 11.2. The number of aromatic nitrogens is 1. The van der Waals surface area contributed by atoms with Gasteiger partial charge in [0.1, 0.15) is 5.75 Å². The van der Waals surface area contributed by atoms with Gasteiger partial charge in [0.15, 0.2) is 5.13 Å². The van der Waals surface area contributed by atoms with E-state index in [4.69, 9.17) is 9.72 Å². The van der Waals surface area contributed by atoms with Crippen molar-refractivity contribution >= 4 is 44.4 Å². The van der Waals surface area contributed by atoms with Crippen LogP contribution >= 0.6 is 23.1 Å². The van der Waals surface area contributed by atoms with E-state index >= 15 is 0 Å². The molecule has 0 spiro atoms. The molecule has 0 radical (unpaired) electrons. The minimum absolute atomic E-state index is 0.0705. The first-order chi connectivity index (χ1) is 13.9. The summed E-state index contributed by atoms with van der Waals surface area (Å²) in [6, 6.07) is 12.1. The van der Waals surface area contributed by atoms with Crippen LogP contribution in [0.3, 0.4) is 0 Å². The molecule has 3 aromatic rings. The molecule has 2 aromatic carbocycles. The number of ether oxygens (including phenoxy) is 1. The average Bonchev–Trinajstić information content (AvgIpc) is 3.10. The summed E-state index contributed by atoms with van der Waals surface area (Å²) in [6.07, 6.45) is 0. The van der Waals surface area contributed by atoms with Crippen LogP contribution in [0.25, 0.3) is 10.2 Å². The van der Waals surface area contributed by atoms with Gasteiger partial charge in [0.25, 0.3) is 0 Å². The fraction of sp³-hybridized carbons (Fsp3) is 0.364. The third-order valence-electron chi connectivity index (χ3n) is 4.54. The van der Waals surface area contributed by atoms with Crippen LogP contribution in [0.1, 0.15) is 11.1 Å². The SMILES string of the molecule is COc1ccc(SCC(=O)N(CCN(C)C)c2nc3c(C)cc(C)cc3s2)cc1. The van der Waals surface area contributed by atoms with Crippen LogP contribution in [-0.2, 0) is 4.79 Å². The Labute approximate surface area is 180 Å². The number of methoxy groups -OCH3 is 1. The number of thiazole rings is 1. The predicted octanol–water partition coefficient (Wildman–Crippen LogP) is 4.61. The van der Waals surface area contributed by atoms with Crippen molar-refractivity contribution in [2.24, 2.45) is 0 Å². The molecule has 0 aliphatic carbocycles. The molecule has 0 fully saturated rings. The Kier molecular flexibility index (Phi) is 7.16. The molecule has 0 aliphatic heterocycles. The van der Waals surface area contributed by atoms with Crippen LogP contribution in [0.15, 0.2) is 41.3 Å². The maximum atomic E-state index is 13.1. The summed E-state index contributed by atoms with van der Waals surface area (Å²) in [6.45, 7) is 5.57. The lowest BCUT2D eigenvalue weighted by Gasteiger charge is -2.21. The number of benzene rings is 2. The molecule has 0 aliphatic rings. The fourth-order valence-electron chi connectivity index (χ4n) is 3.00. The van der Waals surface area contributed by atoms with Crippen LogP contribution in [0, 0.1) is 13.8 Å². The van der Waals surface area contributed by atoms with E-state index in [9.17, 15) is 4.79 Å². The Morgan fingerprint density at radius 2 is 1.86 bits per heavy atom. The standard InChI is InChI=1S/C22H27N3O2S2/c1-15-12-16(2)21-19(13-15)29-22(23-21)25(11-10-24(3)4)20(26)14-28-18-8-6-17(27-5)7-9-18/h6-9,12-13H,10-11,14H2,1-5H3. The molecule has 1 heterocycles. The summed E-state index contributed by atoms with van der Waals surface area (Å²) in [4.78, 5) is 22.9. The van der Waals surface area contributed by atoms with Crippen molar-refractivity contribution in [3.05, 3.63) is 47.5 Å². The Bertz CT molecular complexity index is 984. The van der Waals surface area contributed by atoms with E-state index in [1.165, 1.54) is 17.3 Å². The molecule has 1 aromatic heterocycles. The van der Waals surface area contributed by atoms with Crippen molar-refractivity contribution in [3.8, 4) is 5.75 Å². The first kappa shape index (κ1) is 21.6. The first-order valence-corrected chi connectivity index (χ1v) is 11.3. The highest BCUT2D eigenvalue weighted by Gasteiger charge is 2.20. The first-order valence-electron chi connectivity index (χ1n) is 9.47. The molecular weight excluding hydrogens is 402 g/mol. The van der Waals surface area contributed by atoms with Gasteiger partial charge in [0, 0.05) is 18.0 Å². The van der Waals surface area contributed by atoms with Gasteiger partial charge in [-0.1, -0.05) is 17.4 Å². The molecule has 29 heavy (non-hydrogen) atoms. The molecule has 7 heteroatoms. The highest BCUT2D eigenvalue weighted by Crippen LogP contribution is 2.32. The van der Waals surface area contributed by atoms with Crippen molar-refractivity contribution in [2.45, 2.75) is 18.7 Å². The number of fused-ring (bicyclic) bond motifs is 1. The lowest BCUT2D eigenvalue weighted by Crippen LogP contribution is -2.37. The van der Waals surface area contributed by atoms with Crippen LogP contribution in [0.5, 0.6) is 5.75 Å². The maximum absolute atomic E-state index is 13.1. The topological polar surface area (TPSA) is 45.7 Å². The highest BCUT2D eigenvalue weighted by atomic mass is 32.2. The second kappa shape index (κ2) is 9.61. The predicted molar refractivity (Wildman–Crippen MR) is 124 cm³/mol. The fourth-order valence-corrected chi connectivity index (χ4v) is 4.96. The van der Waals surface area contributed by atoms with Crippen LogP contribution < -0.4 is 9.64 Å². The van der Waals surface area contributed by atoms with Crippen molar-refractivity contribution in [1.29, 1.82) is 0 Å². The smallest absolute Gasteiger partial charge is 0.239 e. The van der Waals surface area contributed by atoms with E-state index in [0.29, 0.717) is 12.3 Å². The van der Waals surface area contributed by atoms with Gasteiger partial charge in [-0.05, 0) is 69.4 Å². The molecule has 5 nitrogen and oxygen atoms in total. The van der Waals surface area contributed by atoms with E-state index in [0.717, 1.165) is 38.1 Å². The van der Waals surface area contributed by atoms with Crippen LogP contribution in [0.2, 0.25) is 0 Å². The second-order valence-electron chi connectivity index (χ2n) is 7.24. The molecule has 0 N–H and O–H groups in total. The van der Waals surface area contributed by atoms with Crippen molar-refractivity contribution in [2.75, 3.05) is 44.9 Å². The zero-order valence-electron chi connectivity index (χ0n) is 17.6. The summed E-state index contributed by atoms with van der Waals surface area (Å²) in [5, 5.41) is 0.774. The quantitative estimate of drug-likeness (QED) is 0.490. The summed E-state index contributed by atoms with van der Waals surface area (Å²) in [5.74, 6) is 1.25. The zero-order valence-corrected chi connectivity index (χ0v) is 19.2. The van der Waals surface area contributed by atoms with Gasteiger partial charge in [0.05, 0.1) is 23.1 Å². The van der Waals surface area contributed by atoms with E-state index in [1.807, 2.05) is 43.3 Å². The molecule has 0 unspecified atom stereocenters. The number of amides is 1. The van der Waals surface area contributed by atoms with Gasteiger partial charge in [-0.15, -0.1) is 11.8 Å². The number of hydrogen-bond donors (Lipinski definition) is 0. The average molecular weight is 430 g/mol. The van der Waals surface area contributed by atoms with Gasteiger partial charge in [-0.25, -0.2) is 4.98 Å². The minimum Gasteiger partial charge on any atom is -0.497 e. The largest absolute Gasteiger partial charge is 0.497 e. The van der Waals surface area contributed by atoms with E-state index < -0.39 is 0 Å². The molecule has 0 saturated heterocycles. The molecule has 0 bridgehead atoms. The maximum Gasteiger partial charge on any atom is 0.239 e. The number of hydrogen-bond acceptors (Lipinski definition) is 6. The summed E-state index contributed by atoms with van der Waals surface area (Å²) in [5.41, 5.74) is 3.35. The molecule has 3 rings (SSSR count). The van der Waals surface area contributed by atoms with E-state index in [1.54, 1.807) is 18.4 Å². The summed E-state index contributed by atoms with van der Waals surface area (Å²) in [7, 11) is 5.68. The number of carbonyl (C=O) groups excluding carboxylic acids is 1. The Morgan fingerprint density at radius 1 is 1.14 bits per heavy atom. The lowest BCUT2D eigenvalue weighted by molar-refractivity contribution is -0.116. The monoisotopic (exact) mass is 429 g/mol.